The molecule has 0 amide bonds. The third kappa shape index (κ3) is 2.88. The summed E-state index contributed by atoms with van der Waals surface area (Å²) in [5, 5.41) is 3.15. The first-order valence-electron chi connectivity index (χ1n) is 7.89. The van der Waals surface area contributed by atoms with E-state index in [1.807, 2.05) is 49.5 Å². The molecule has 4 rings (SSSR count). The van der Waals surface area contributed by atoms with Crippen molar-refractivity contribution in [2.75, 3.05) is 6.61 Å². The zero-order valence-electron chi connectivity index (χ0n) is 13.3. The Morgan fingerprint density at radius 2 is 1.88 bits per heavy atom. The molecule has 0 bridgehead atoms. The van der Waals surface area contributed by atoms with E-state index in [4.69, 9.17) is 9.72 Å². The monoisotopic (exact) mass is 332 g/mol. The van der Waals surface area contributed by atoms with E-state index in [0.717, 1.165) is 26.7 Å². The summed E-state index contributed by atoms with van der Waals surface area (Å²) in [7, 11) is 0. The molecule has 3 aromatic carbocycles. The normalized spacial score (nSPS) is 11.5. The highest BCUT2D eigenvalue weighted by atomic mass is 32.1. The highest BCUT2D eigenvalue weighted by Crippen LogP contribution is 2.32. The van der Waals surface area contributed by atoms with Gasteiger partial charge >= 0.3 is 0 Å². The minimum absolute atomic E-state index is 0.674. The highest BCUT2D eigenvalue weighted by molar-refractivity contribution is 7.22. The van der Waals surface area contributed by atoms with Crippen LogP contribution in [0.5, 0.6) is 5.75 Å². The van der Waals surface area contributed by atoms with Crippen molar-refractivity contribution in [3.63, 3.8) is 0 Å². The Balaban J connectivity index is 1.65. The molecule has 24 heavy (non-hydrogen) atoms. The number of hydrogen-bond donors (Lipinski definition) is 0. The molecule has 0 radical (unpaired) electrons. The fourth-order valence-electron chi connectivity index (χ4n) is 2.65. The van der Waals surface area contributed by atoms with Crippen molar-refractivity contribution < 1.29 is 4.74 Å². The summed E-state index contributed by atoms with van der Waals surface area (Å²) in [5.41, 5.74) is 2.06. The number of benzene rings is 3. The Hall–Kier alpha value is -2.72. The first-order valence-corrected chi connectivity index (χ1v) is 8.70. The van der Waals surface area contributed by atoms with Crippen molar-refractivity contribution in [2.45, 2.75) is 6.92 Å². The molecule has 0 saturated heterocycles. The molecule has 0 aliphatic heterocycles. The van der Waals surface area contributed by atoms with Crippen LogP contribution in [0.2, 0.25) is 0 Å². The van der Waals surface area contributed by atoms with Crippen molar-refractivity contribution in [1.82, 2.24) is 4.98 Å². The first kappa shape index (κ1) is 14.8. The van der Waals surface area contributed by atoms with Crippen LogP contribution in [0.25, 0.3) is 21.0 Å². The number of hydrogen-bond acceptors (Lipinski definition) is 4. The fourth-order valence-corrected chi connectivity index (χ4v) is 3.48. The van der Waals surface area contributed by atoms with Gasteiger partial charge in [-0.25, -0.2) is 9.98 Å². The van der Waals surface area contributed by atoms with Gasteiger partial charge in [0.1, 0.15) is 5.75 Å². The molecule has 0 aliphatic carbocycles. The summed E-state index contributed by atoms with van der Waals surface area (Å²) in [6.45, 7) is 2.65. The first-order chi connectivity index (χ1) is 11.8. The lowest BCUT2D eigenvalue weighted by molar-refractivity contribution is 0.340. The van der Waals surface area contributed by atoms with E-state index in [1.165, 1.54) is 10.8 Å². The average molecular weight is 332 g/mol. The van der Waals surface area contributed by atoms with Gasteiger partial charge in [-0.15, -0.1) is 0 Å². The molecule has 0 atom stereocenters. The molecule has 4 aromatic rings. The topological polar surface area (TPSA) is 34.5 Å². The maximum atomic E-state index is 5.45. The van der Waals surface area contributed by atoms with Gasteiger partial charge in [-0.3, -0.25) is 0 Å². The molecule has 0 unspecified atom stereocenters. The molecule has 0 saturated carbocycles. The van der Waals surface area contributed by atoms with Crippen LogP contribution in [-0.2, 0) is 0 Å². The van der Waals surface area contributed by atoms with Crippen LogP contribution in [0.4, 0.5) is 5.13 Å². The van der Waals surface area contributed by atoms with Gasteiger partial charge in [0.25, 0.3) is 0 Å². The van der Waals surface area contributed by atoms with E-state index >= 15 is 0 Å². The zero-order valence-corrected chi connectivity index (χ0v) is 14.1. The summed E-state index contributed by atoms with van der Waals surface area (Å²) >= 11 is 1.61. The number of fused-ring (bicyclic) bond motifs is 3. The van der Waals surface area contributed by atoms with E-state index < -0.39 is 0 Å². The van der Waals surface area contributed by atoms with E-state index in [0.29, 0.717) is 6.61 Å². The van der Waals surface area contributed by atoms with Crippen LogP contribution < -0.4 is 4.74 Å². The van der Waals surface area contributed by atoms with E-state index in [-0.39, 0.29) is 0 Å². The second kappa shape index (κ2) is 6.42. The molecular formula is C20H16N2OS. The van der Waals surface area contributed by atoms with Crippen LogP contribution in [0.1, 0.15) is 12.5 Å². The maximum Gasteiger partial charge on any atom is 0.210 e. The van der Waals surface area contributed by atoms with Gasteiger partial charge in [0.05, 0.1) is 16.8 Å². The fraction of sp³-hybridized carbons (Fsp3) is 0.100. The standard InChI is InChI=1S/C20H16N2OS/c1-2-23-16-10-7-14(8-11-16)13-21-20-22-19-17-6-4-3-5-15(17)9-12-18(19)24-20/h3-13H,2H2,1H3/b21-13+. The zero-order chi connectivity index (χ0) is 16.4. The van der Waals surface area contributed by atoms with E-state index in [2.05, 4.69) is 29.3 Å². The van der Waals surface area contributed by atoms with Gasteiger partial charge in [0, 0.05) is 11.6 Å². The third-order valence-electron chi connectivity index (χ3n) is 3.79. The van der Waals surface area contributed by atoms with E-state index in [9.17, 15) is 0 Å². The van der Waals surface area contributed by atoms with Crippen LogP contribution in [0.3, 0.4) is 0 Å². The summed E-state index contributed by atoms with van der Waals surface area (Å²) < 4.78 is 6.61. The Labute approximate surface area is 144 Å². The minimum atomic E-state index is 0.674. The number of ether oxygens (including phenoxy) is 1. The van der Waals surface area contributed by atoms with Crippen molar-refractivity contribution in [3.8, 4) is 5.75 Å². The molecule has 0 N–H and O–H groups in total. The SMILES string of the molecule is CCOc1ccc(/C=N/c2nc3c(ccc4ccccc43)s2)cc1. The molecule has 3 nitrogen and oxygen atoms in total. The summed E-state index contributed by atoms with van der Waals surface area (Å²) in [4.78, 5) is 9.24. The van der Waals surface area contributed by atoms with Gasteiger partial charge in [-0.2, -0.15) is 0 Å². The smallest absolute Gasteiger partial charge is 0.210 e. The quantitative estimate of drug-likeness (QED) is 0.456. The van der Waals surface area contributed by atoms with Crippen molar-refractivity contribution in [2.24, 2.45) is 4.99 Å². The number of nitrogens with zero attached hydrogens (tertiary/aromatic N) is 2. The Bertz CT molecular complexity index is 1020. The van der Waals surface area contributed by atoms with Crippen LogP contribution in [0, 0.1) is 0 Å². The molecular weight excluding hydrogens is 316 g/mol. The summed E-state index contributed by atoms with van der Waals surface area (Å²) in [6.07, 6.45) is 1.84. The van der Waals surface area contributed by atoms with Crippen LogP contribution in [-0.4, -0.2) is 17.8 Å². The summed E-state index contributed by atoms with van der Waals surface area (Å²) in [6, 6.07) is 20.5. The van der Waals surface area contributed by atoms with Gasteiger partial charge in [0.15, 0.2) is 0 Å². The Morgan fingerprint density at radius 3 is 2.71 bits per heavy atom. The van der Waals surface area contributed by atoms with Crippen LogP contribution >= 0.6 is 11.3 Å². The van der Waals surface area contributed by atoms with Crippen LogP contribution in [0.15, 0.2) is 65.7 Å². The number of thiazole rings is 1. The molecule has 4 heteroatoms. The second-order valence-corrected chi connectivity index (χ2v) is 6.40. The number of rotatable bonds is 4. The molecule has 0 fully saturated rings. The van der Waals surface area contributed by atoms with Gasteiger partial charge < -0.3 is 4.74 Å². The third-order valence-corrected chi connectivity index (χ3v) is 4.72. The lowest BCUT2D eigenvalue weighted by Crippen LogP contribution is -1.91. The molecule has 118 valence electrons. The van der Waals surface area contributed by atoms with Gasteiger partial charge in [0.2, 0.25) is 5.13 Å². The highest BCUT2D eigenvalue weighted by Gasteiger charge is 2.06. The van der Waals surface area contributed by atoms with Crippen molar-refractivity contribution in [3.05, 3.63) is 66.2 Å². The van der Waals surface area contributed by atoms with E-state index in [1.54, 1.807) is 11.3 Å². The Morgan fingerprint density at radius 1 is 1.04 bits per heavy atom. The lowest BCUT2D eigenvalue weighted by Gasteiger charge is -2.01. The van der Waals surface area contributed by atoms with Gasteiger partial charge in [-0.1, -0.05) is 41.7 Å². The predicted octanol–water partition coefficient (Wildman–Crippen LogP) is 5.60. The second-order valence-electron chi connectivity index (χ2n) is 5.39. The molecule has 0 spiro atoms. The lowest BCUT2D eigenvalue weighted by atomic mass is 10.1. The van der Waals surface area contributed by atoms with Gasteiger partial charge in [-0.05, 0) is 48.2 Å². The van der Waals surface area contributed by atoms with Crippen molar-refractivity contribution in [1.29, 1.82) is 0 Å². The predicted molar refractivity (Wildman–Crippen MR) is 102 cm³/mol. The molecule has 0 aliphatic rings. The summed E-state index contributed by atoms with van der Waals surface area (Å²) in [5.74, 6) is 0.876. The molecule has 1 aromatic heterocycles. The minimum Gasteiger partial charge on any atom is -0.494 e. The Kier molecular flexibility index (Phi) is 3.97. The number of aliphatic imine (C=N–C) groups is 1. The molecule has 1 heterocycles. The largest absolute Gasteiger partial charge is 0.494 e. The maximum absolute atomic E-state index is 5.45. The van der Waals surface area contributed by atoms with Crippen molar-refractivity contribution >= 4 is 43.7 Å². The number of aromatic nitrogens is 1. The average Bonchev–Trinajstić information content (AvgIpc) is 3.05.